The van der Waals surface area contributed by atoms with E-state index in [0.29, 0.717) is 28.5 Å². The Labute approximate surface area is 205 Å². The Morgan fingerprint density at radius 1 is 1.03 bits per heavy atom. The molecule has 2 N–H and O–H groups in total. The van der Waals surface area contributed by atoms with E-state index < -0.39 is 11.2 Å². The van der Waals surface area contributed by atoms with Crippen molar-refractivity contribution in [2.24, 2.45) is 4.99 Å². The van der Waals surface area contributed by atoms with Crippen LogP contribution in [0.1, 0.15) is 22.3 Å². The number of thioether (sulfide) groups is 1. The maximum absolute atomic E-state index is 14.1. The van der Waals surface area contributed by atoms with Gasteiger partial charge in [0, 0.05) is 18.7 Å². The molecule has 1 saturated heterocycles. The number of aliphatic imine (C=N–C) groups is 1. The van der Waals surface area contributed by atoms with Crippen molar-refractivity contribution in [3.8, 4) is 0 Å². The van der Waals surface area contributed by atoms with Gasteiger partial charge < -0.3 is 10.4 Å². The molecule has 0 spiro atoms. The first-order valence-corrected chi connectivity index (χ1v) is 11.8. The van der Waals surface area contributed by atoms with Crippen LogP contribution in [0.25, 0.3) is 0 Å². The van der Waals surface area contributed by atoms with E-state index in [1.807, 2.05) is 18.2 Å². The number of amidine groups is 1. The van der Waals surface area contributed by atoms with Crippen molar-refractivity contribution in [3.05, 3.63) is 95.8 Å². The highest BCUT2D eigenvalue weighted by Crippen LogP contribution is 2.30. The van der Waals surface area contributed by atoms with E-state index in [1.54, 1.807) is 30.3 Å². The number of carboxylic acids is 1. The van der Waals surface area contributed by atoms with Crippen LogP contribution in [0, 0.1) is 5.82 Å². The van der Waals surface area contributed by atoms with Gasteiger partial charge in [-0.1, -0.05) is 48.2 Å². The first-order valence-electron chi connectivity index (χ1n) is 10.9. The third-order valence-electron chi connectivity index (χ3n) is 5.37. The number of nitrogens with one attached hydrogen (secondary N) is 1. The molecule has 1 heterocycles. The van der Waals surface area contributed by atoms with E-state index >= 15 is 0 Å². The summed E-state index contributed by atoms with van der Waals surface area (Å²) in [5, 5.41) is 11.4. The number of aromatic carboxylic acids is 1. The summed E-state index contributed by atoms with van der Waals surface area (Å²) in [7, 11) is 0. The minimum atomic E-state index is -1.06. The van der Waals surface area contributed by atoms with Gasteiger partial charge in [-0.15, -0.1) is 0 Å². The first-order chi connectivity index (χ1) is 16.9. The maximum atomic E-state index is 14.1. The number of benzene rings is 3. The summed E-state index contributed by atoms with van der Waals surface area (Å²) < 4.78 is 14.1. The molecule has 7 nitrogen and oxygen atoms in total. The third kappa shape index (κ3) is 6.13. The number of carbonyl (C=O) groups excluding carboxylic acids is 2. The zero-order chi connectivity index (χ0) is 24.8. The number of carbonyl (C=O) groups is 3. The number of hydrogen-bond donors (Lipinski definition) is 2. The molecule has 3 aromatic carbocycles. The molecule has 4 rings (SSSR count). The SMILES string of the molecule is O=C(O)c1ccc(NC(=O)C2CC(=O)N(CCc3ccccc3F)C(=Nc3ccccc3)S2)cc1. The van der Waals surface area contributed by atoms with Crippen LogP contribution in [0.5, 0.6) is 0 Å². The molecule has 35 heavy (non-hydrogen) atoms. The topological polar surface area (TPSA) is 99.1 Å². The van der Waals surface area contributed by atoms with Crippen LogP contribution in [0.4, 0.5) is 15.8 Å². The molecule has 1 atom stereocenters. The Morgan fingerprint density at radius 3 is 2.40 bits per heavy atom. The minimum Gasteiger partial charge on any atom is -0.478 e. The molecule has 2 amide bonds. The molecular weight excluding hydrogens is 469 g/mol. The number of carboxylic acid groups (broad SMARTS) is 1. The fraction of sp³-hybridized carbons (Fsp3) is 0.154. The highest BCUT2D eigenvalue weighted by atomic mass is 32.2. The molecule has 178 valence electrons. The molecule has 1 aliphatic heterocycles. The van der Waals surface area contributed by atoms with Crippen LogP contribution in [0.3, 0.4) is 0 Å². The Bertz CT molecular complexity index is 1270. The van der Waals surface area contributed by atoms with Gasteiger partial charge in [0.05, 0.1) is 11.3 Å². The molecule has 3 aromatic rings. The van der Waals surface area contributed by atoms with Crippen LogP contribution in [0.2, 0.25) is 0 Å². The van der Waals surface area contributed by atoms with Crippen molar-refractivity contribution in [2.45, 2.75) is 18.1 Å². The highest BCUT2D eigenvalue weighted by Gasteiger charge is 2.36. The Hall–Kier alpha value is -3.98. The van der Waals surface area contributed by atoms with Crippen molar-refractivity contribution < 1.29 is 23.9 Å². The average Bonchev–Trinajstić information content (AvgIpc) is 2.85. The smallest absolute Gasteiger partial charge is 0.335 e. The lowest BCUT2D eigenvalue weighted by Gasteiger charge is -2.32. The summed E-state index contributed by atoms with van der Waals surface area (Å²) in [5.74, 6) is -2.07. The molecular formula is C26H22FN3O4S. The second kappa shape index (κ2) is 11.0. The quantitative estimate of drug-likeness (QED) is 0.498. The van der Waals surface area contributed by atoms with Gasteiger partial charge in [0.1, 0.15) is 11.1 Å². The standard InChI is InChI=1S/C26H22FN3O4S/c27-21-9-5-4-6-17(21)14-15-30-23(31)16-22(35-26(30)29-19-7-2-1-3-8-19)24(32)28-20-12-10-18(11-13-20)25(33)34/h1-13,22H,14-16H2,(H,28,32)(H,33,34). The monoisotopic (exact) mass is 491 g/mol. The molecule has 0 saturated carbocycles. The van der Waals surface area contributed by atoms with E-state index in [0.717, 1.165) is 0 Å². The zero-order valence-electron chi connectivity index (χ0n) is 18.6. The van der Waals surface area contributed by atoms with Crippen molar-refractivity contribution in [2.75, 3.05) is 11.9 Å². The molecule has 9 heteroatoms. The van der Waals surface area contributed by atoms with Crippen molar-refractivity contribution in [3.63, 3.8) is 0 Å². The lowest BCUT2D eigenvalue weighted by atomic mass is 10.1. The van der Waals surface area contributed by atoms with E-state index in [-0.39, 0.29) is 36.2 Å². The summed E-state index contributed by atoms with van der Waals surface area (Å²) in [6, 6.07) is 21.3. The number of hydrogen-bond acceptors (Lipinski definition) is 5. The lowest BCUT2D eigenvalue weighted by molar-refractivity contribution is -0.129. The lowest BCUT2D eigenvalue weighted by Crippen LogP contribution is -2.46. The van der Waals surface area contributed by atoms with Gasteiger partial charge in [-0.25, -0.2) is 14.2 Å². The van der Waals surface area contributed by atoms with E-state index in [2.05, 4.69) is 10.3 Å². The molecule has 0 bridgehead atoms. The largest absolute Gasteiger partial charge is 0.478 e. The fourth-order valence-electron chi connectivity index (χ4n) is 3.53. The van der Waals surface area contributed by atoms with Crippen LogP contribution in [-0.4, -0.2) is 44.8 Å². The van der Waals surface area contributed by atoms with Crippen LogP contribution in [0.15, 0.2) is 83.9 Å². The Balaban J connectivity index is 1.52. The van der Waals surface area contributed by atoms with Gasteiger partial charge in [0.2, 0.25) is 11.8 Å². The predicted octanol–water partition coefficient (Wildman–Crippen LogP) is 4.73. The van der Waals surface area contributed by atoms with E-state index in [1.165, 1.54) is 47.0 Å². The third-order valence-corrected chi connectivity index (χ3v) is 6.56. The Kier molecular flexibility index (Phi) is 7.57. The second-order valence-corrected chi connectivity index (χ2v) is 8.97. The van der Waals surface area contributed by atoms with Crippen molar-refractivity contribution in [1.29, 1.82) is 0 Å². The normalized spacial score (nSPS) is 16.8. The average molecular weight is 492 g/mol. The number of amides is 2. The molecule has 1 aliphatic rings. The number of nitrogens with zero attached hydrogens (tertiary/aromatic N) is 2. The predicted molar refractivity (Wildman–Crippen MR) is 133 cm³/mol. The second-order valence-electron chi connectivity index (χ2n) is 7.80. The molecule has 0 radical (unpaired) electrons. The fourth-order valence-corrected chi connectivity index (χ4v) is 4.65. The van der Waals surface area contributed by atoms with Gasteiger partial charge in [-0.05, 0) is 54.4 Å². The van der Waals surface area contributed by atoms with Crippen molar-refractivity contribution >= 4 is 46.1 Å². The molecule has 0 aromatic heterocycles. The number of rotatable bonds is 7. The number of anilines is 1. The maximum Gasteiger partial charge on any atom is 0.335 e. The van der Waals surface area contributed by atoms with Crippen molar-refractivity contribution in [1.82, 2.24) is 4.90 Å². The minimum absolute atomic E-state index is 0.0468. The van der Waals surface area contributed by atoms with E-state index in [9.17, 15) is 18.8 Å². The summed E-state index contributed by atoms with van der Waals surface area (Å²) >= 11 is 1.17. The highest BCUT2D eigenvalue weighted by molar-refractivity contribution is 8.15. The molecule has 0 aliphatic carbocycles. The molecule has 1 fully saturated rings. The van der Waals surface area contributed by atoms with Crippen LogP contribution in [-0.2, 0) is 16.0 Å². The Morgan fingerprint density at radius 2 is 1.71 bits per heavy atom. The van der Waals surface area contributed by atoms with E-state index in [4.69, 9.17) is 5.11 Å². The summed E-state index contributed by atoms with van der Waals surface area (Å²) in [6.45, 7) is 0.226. The summed E-state index contributed by atoms with van der Waals surface area (Å²) in [5.41, 5.74) is 1.66. The number of halogens is 1. The first kappa shape index (κ1) is 24.2. The van der Waals surface area contributed by atoms with Gasteiger partial charge >= 0.3 is 5.97 Å². The van der Waals surface area contributed by atoms with Gasteiger partial charge in [-0.3, -0.25) is 14.5 Å². The summed E-state index contributed by atoms with van der Waals surface area (Å²) in [6.07, 6.45) is 0.258. The molecule has 1 unspecified atom stereocenters. The van der Waals surface area contributed by atoms with Gasteiger partial charge in [0.25, 0.3) is 0 Å². The zero-order valence-corrected chi connectivity index (χ0v) is 19.4. The number of para-hydroxylation sites is 1. The van der Waals surface area contributed by atoms with Gasteiger partial charge in [0.15, 0.2) is 5.17 Å². The van der Waals surface area contributed by atoms with Crippen LogP contribution < -0.4 is 5.32 Å². The summed E-state index contributed by atoms with van der Waals surface area (Å²) in [4.78, 5) is 43.1. The van der Waals surface area contributed by atoms with Crippen LogP contribution >= 0.6 is 11.8 Å². The van der Waals surface area contributed by atoms with Gasteiger partial charge in [-0.2, -0.15) is 0 Å².